The van der Waals surface area contributed by atoms with Crippen LogP contribution in [0.15, 0.2) is 59.8 Å². The molecule has 0 aliphatic carbocycles. The van der Waals surface area contributed by atoms with Gasteiger partial charge in [0.05, 0.1) is 12.7 Å². The number of aromatic nitrogens is 2. The summed E-state index contributed by atoms with van der Waals surface area (Å²) in [6, 6.07) is 11.9. The molecule has 1 amide bonds. The number of anilines is 1. The van der Waals surface area contributed by atoms with E-state index in [0.717, 1.165) is 6.42 Å². The highest BCUT2D eigenvalue weighted by atomic mass is 32.2. The lowest BCUT2D eigenvalue weighted by Gasteiger charge is -2.33. The summed E-state index contributed by atoms with van der Waals surface area (Å²) < 4.78 is 39.4. The van der Waals surface area contributed by atoms with Gasteiger partial charge in [-0.3, -0.25) is 9.59 Å². The molecule has 3 heterocycles. The van der Waals surface area contributed by atoms with E-state index in [1.54, 1.807) is 24.4 Å². The summed E-state index contributed by atoms with van der Waals surface area (Å²) in [5.41, 5.74) is 0.349. The average Bonchev–Trinajstić information content (AvgIpc) is 3.15. The van der Waals surface area contributed by atoms with Gasteiger partial charge in [-0.1, -0.05) is 13.0 Å². The number of sulfonamides is 1. The van der Waals surface area contributed by atoms with Crippen LogP contribution in [0.3, 0.4) is 0 Å². The largest absolute Gasteiger partial charge is 0.493 e. The predicted octanol–water partition coefficient (Wildman–Crippen LogP) is 4.22. The van der Waals surface area contributed by atoms with Crippen molar-refractivity contribution in [1.29, 1.82) is 0 Å². The zero-order valence-corrected chi connectivity index (χ0v) is 22.7. The molecular weight excluding hydrogens is 508 g/mol. The van der Waals surface area contributed by atoms with Gasteiger partial charge in [0.15, 0.2) is 22.3 Å². The van der Waals surface area contributed by atoms with Crippen molar-refractivity contribution in [1.82, 2.24) is 14.7 Å². The quantitative estimate of drug-likeness (QED) is 0.419. The number of ketones is 1. The summed E-state index contributed by atoms with van der Waals surface area (Å²) in [6.07, 6.45) is 2.50. The molecule has 1 saturated heterocycles. The topological polar surface area (TPSA) is 128 Å². The van der Waals surface area contributed by atoms with Crippen LogP contribution < -0.4 is 19.1 Å². The van der Waals surface area contributed by atoms with Gasteiger partial charge in [-0.05, 0) is 69.5 Å². The Bertz CT molecular complexity index is 1490. The molecule has 1 aliphatic rings. The van der Waals surface area contributed by atoms with Crippen molar-refractivity contribution in [2.45, 2.75) is 44.7 Å². The van der Waals surface area contributed by atoms with E-state index in [1.165, 1.54) is 44.4 Å². The summed E-state index contributed by atoms with van der Waals surface area (Å²) in [7, 11) is -2.93. The van der Waals surface area contributed by atoms with Gasteiger partial charge in [0.25, 0.3) is 15.9 Å². The number of carbonyl (C=O) groups is 2. The molecule has 1 aliphatic heterocycles. The van der Waals surface area contributed by atoms with E-state index in [0.29, 0.717) is 23.8 Å². The maximum atomic E-state index is 13.2. The van der Waals surface area contributed by atoms with Crippen LogP contribution in [0.4, 0.5) is 5.82 Å². The molecule has 1 N–H and O–H groups in total. The second kappa shape index (κ2) is 10.4. The zero-order valence-electron chi connectivity index (χ0n) is 21.9. The third-order valence-electron chi connectivity index (χ3n) is 6.34. The molecule has 0 radical (unpaired) electrons. The van der Waals surface area contributed by atoms with E-state index in [4.69, 9.17) is 9.47 Å². The molecule has 2 aromatic heterocycles. The zero-order chi connectivity index (χ0) is 27.7. The third kappa shape index (κ3) is 5.62. The number of pyridine rings is 2. The van der Waals surface area contributed by atoms with Gasteiger partial charge in [0.1, 0.15) is 5.82 Å². The van der Waals surface area contributed by atoms with Crippen LogP contribution in [0.5, 0.6) is 17.4 Å². The van der Waals surface area contributed by atoms with Crippen LogP contribution in [0.1, 0.15) is 54.8 Å². The fraction of sp³-hybridized carbons (Fsp3) is 0.333. The number of carbonyl (C=O) groups excluding carboxylic acids is 2. The number of rotatable bonds is 8. The van der Waals surface area contributed by atoms with E-state index in [2.05, 4.69) is 35.5 Å². The number of Topliss-reactive ketones (excluding diaryl/α,β-unsaturated/α-hetero) is 1. The molecule has 0 saturated carbocycles. The molecule has 1 fully saturated rings. The van der Waals surface area contributed by atoms with Gasteiger partial charge in [0.2, 0.25) is 5.88 Å². The Morgan fingerprint density at radius 1 is 1.11 bits per heavy atom. The number of benzene rings is 1. The maximum absolute atomic E-state index is 13.2. The Morgan fingerprint density at radius 2 is 1.87 bits per heavy atom. The lowest BCUT2D eigenvalue weighted by Crippen LogP contribution is -2.41. The number of methoxy groups -OCH3 is 1. The Kier molecular flexibility index (Phi) is 7.41. The van der Waals surface area contributed by atoms with E-state index in [9.17, 15) is 18.0 Å². The van der Waals surface area contributed by atoms with Gasteiger partial charge in [0, 0.05) is 29.9 Å². The van der Waals surface area contributed by atoms with Crippen molar-refractivity contribution in [2.75, 3.05) is 18.6 Å². The predicted molar refractivity (Wildman–Crippen MR) is 141 cm³/mol. The van der Waals surface area contributed by atoms with Crippen molar-refractivity contribution < 1.29 is 27.5 Å². The van der Waals surface area contributed by atoms with Crippen LogP contribution in [-0.2, 0) is 10.0 Å². The number of hydrogen-bond acceptors (Lipinski definition) is 9. The highest BCUT2D eigenvalue weighted by molar-refractivity contribution is 7.90. The fourth-order valence-electron chi connectivity index (χ4n) is 4.66. The van der Waals surface area contributed by atoms with Crippen molar-refractivity contribution in [3.05, 3.63) is 65.9 Å². The average molecular weight is 539 g/mol. The van der Waals surface area contributed by atoms with Crippen LogP contribution in [0.2, 0.25) is 0 Å². The van der Waals surface area contributed by atoms with Crippen molar-refractivity contribution >= 4 is 27.5 Å². The van der Waals surface area contributed by atoms with Gasteiger partial charge in [-0.2, -0.15) is 13.4 Å². The van der Waals surface area contributed by atoms with E-state index in [1.807, 2.05) is 4.90 Å². The minimum absolute atomic E-state index is 0.0379. The number of ether oxygens (including phenoxy) is 2. The van der Waals surface area contributed by atoms with E-state index < -0.39 is 21.0 Å². The second-order valence-electron chi connectivity index (χ2n) is 9.88. The third-order valence-corrected chi connectivity index (χ3v) is 7.58. The first-order valence-corrected chi connectivity index (χ1v) is 13.5. The van der Waals surface area contributed by atoms with Crippen molar-refractivity contribution in [3.8, 4) is 17.4 Å². The molecule has 0 spiro atoms. The van der Waals surface area contributed by atoms with Crippen LogP contribution in [0.25, 0.3) is 0 Å². The lowest BCUT2D eigenvalue weighted by atomic mass is 9.97. The molecule has 200 valence electrons. The summed E-state index contributed by atoms with van der Waals surface area (Å²) in [4.78, 5) is 35.4. The number of hydrogen-bond donors (Lipinski definition) is 1. The van der Waals surface area contributed by atoms with Crippen molar-refractivity contribution in [3.63, 3.8) is 0 Å². The Morgan fingerprint density at radius 3 is 2.53 bits per heavy atom. The minimum atomic E-state index is -4.35. The Balaban J connectivity index is 1.58. The number of nitrogens with one attached hydrogen (secondary N) is 1. The summed E-state index contributed by atoms with van der Waals surface area (Å²) in [5.74, 6) is 0.366. The highest BCUT2D eigenvalue weighted by Gasteiger charge is 2.39. The smallest absolute Gasteiger partial charge is 0.281 e. The van der Waals surface area contributed by atoms with Crippen molar-refractivity contribution in [2.24, 2.45) is 5.92 Å². The molecule has 4 rings (SSSR count). The summed E-state index contributed by atoms with van der Waals surface area (Å²) >= 11 is 0. The molecule has 1 atom stereocenters. The second-order valence-corrected chi connectivity index (χ2v) is 11.5. The monoisotopic (exact) mass is 538 g/mol. The summed E-state index contributed by atoms with van der Waals surface area (Å²) in [5, 5.41) is -0.400. The first-order chi connectivity index (χ1) is 17.9. The van der Waals surface area contributed by atoms with Gasteiger partial charge in [-0.15, -0.1) is 0 Å². The molecule has 1 unspecified atom stereocenters. The first kappa shape index (κ1) is 27.1. The highest BCUT2D eigenvalue weighted by Crippen LogP contribution is 2.37. The van der Waals surface area contributed by atoms with E-state index in [-0.39, 0.29) is 34.3 Å². The molecule has 11 heteroatoms. The molecular formula is C27H30N4O6S. The van der Waals surface area contributed by atoms with Gasteiger partial charge >= 0.3 is 0 Å². The molecule has 1 aromatic carbocycles. The Labute approximate surface area is 222 Å². The molecule has 38 heavy (non-hydrogen) atoms. The SMILES string of the molecule is COc1cc(C(C)=O)ccc1Oc1cccc(S(=O)(=O)NC(=O)c2cccnc2N2CC(C)CC2(C)C)n1. The van der Waals surface area contributed by atoms with Crippen LogP contribution >= 0.6 is 0 Å². The van der Waals surface area contributed by atoms with Gasteiger partial charge in [-0.25, -0.2) is 9.71 Å². The number of amides is 1. The van der Waals surface area contributed by atoms with Crippen LogP contribution in [0, 0.1) is 5.92 Å². The number of nitrogens with zero attached hydrogens (tertiary/aromatic N) is 3. The first-order valence-electron chi connectivity index (χ1n) is 12.0. The summed E-state index contributed by atoms with van der Waals surface area (Å²) in [6.45, 7) is 8.40. The maximum Gasteiger partial charge on any atom is 0.281 e. The standard InChI is InChI=1S/C27H30N4O6S/c1-17-15-27(3,4)31(16-17)25-20(8-7-13-28-25)26(33)30-38(34,35)24-10-6-9-23(29-24)37-21-12-11-19(18(2)32)14-22(21)36-5/h6-14,17H,15-16H2,1-5H3,(H,30,33). The van der Waals surface area contributed by atoms with Crippen LogP contribution in [-0.4, -0.2) is 49.3 Å². The fourth-order valence-corrected chi connectivity index (χ4v) is 5.59. The molecule has 3 aromatic rings. The lowest BCUT2D eigenvalue weighted by molar-refractivity contribution is 0.0979. The Hall–Kier alpha value is -3.99. The normalized spacial score (nSPS) is 16.7. The molecule has 10 nitrogen and oxygen atoms in total. The minimum Gasteiger partial charge on any atom is -0.493 e. The molecule has 0 bridgehead atoms. The van der Waals surface area contributed by atoms with E-state index >= 15 is 0 Å². The van der Waals surface area contributed by atoms with Gasteiger partial charge < -0.3 is 14.4 Å².